The first-order valence-electron chi connectivity index (χ1n) is 35.2. The van der Waals surface area contributed by atoms with Crippen LogP contribution < -0.4 is 0 Å². The number of ether oxygens (including phenoxy) is 4. The number of rotatable bonds is 65. The predicted octanol–water partition coefficient (Wildman–Crippen LogP) is 18.9. The van der Waals surface area contributed by atoms with Gasteiger partial charge in [-0.3, -0.25) is 37.3 Å². The molecule has 19 heteroatoms. The first kappa shape index (κ1) is 85.1. The van der Waals surface area contributed by atoms with Gasteiger partial charge in [0.15, 0.2) is 12.2 Å². The van der Waals surface area contributed by atoms with Crippen molar-refractivity contribution in [3.05, 3.63) is 0 Å². The number of carbonyl (C=O) groups excluding carboxylic acids is 4. The van der Waals surface area contributed by atoms with Crippen LogP contribution in [0.2, 0.25) is 0 Å². The van der Waals surface area contributed by atoms with Crippen molar-refractivity contribution in [2.45, 2.75) is 350 Å². The molecule has 0 aromatic rings. The molecule has 87 heavy (non-hydrogen) atoms. The monoisotopic (exact) mass is 1280 g/mol. The third-order valence-corrected chi connectivity index (χ3v) is 17.8. The van der Waals surface area contributed by atoms with Crippen LogP contribution in [-0.2, 0) is 65.4 Å². The zero-order valence-corrected chi connectivity index (χ0v) is 58.4. The quantitative estimate of drug-likeness (QED) is 0.0222. The Kier molecular flexibility index (Phi) is 56.6. The van der Waals surface area contributed by atoms with Gasteiger partial charge in [-0.25, -0.2) is 9.13 Å². The third-order valence-electron chi connectivity index (χ3n) is 15.9. The van der Waals surface area contributed by atoms with Crippen molar-refractivity contribution in [1.29, 1.82) is 0 Å². The first-order valence-corrected chi connectivity index (χ1v) is 38.2. The van der Waals surface area contributed by atoms with Crippen molar-refractivity contribution in [3.63, 3.8) is 0 Å². The van der Waals surface area contributed by atoms with E-state index in [2.05, 4.69) is 55.4 Å². The summed E-state index contributed by atoms with van der Waals surface area (Å²) in [4.78, 5) is 72.3. The molecular formula is C68H132O17P2. The van der Waals surface area contributed by atoms with Gasteiger partial charge in [-0.1, -0.05) is 280 Å². The highest BCUT2D eigenvalue weighted by molar-refractivity contribution is 7.47. The molecule has 0 aliphatic rings. The minimum atomic E-state index is -4.95. The molecule has 0 spiro atoms. The van der Waals surface area contributed by atoms with E-state index >= 15 is 0 Å². The second-order valence-corrected chi connectivity index (χ2v) is 29.1. The Morgan fingerprint density at radius 2 is 0.552 bits per heavy atom. The molecule has 0 bridgehead atoms. The maximum atomic E-state index is 13.0. The molecule has 0 aromatic carbocycles. The topological polar surface area (TPSA) is 237 Å². The molecule has 0 fully saturated rings. The SMILES string of the molecule is CCC(C)CCCCCCCCC(=O)OC[C@H](COP(=O)(O)OC[C@H](O)COP(=O)(O)OC[C@@H](COC(=O)CCCCCCCCC(C)C)OC(=O)CCCCCCCCC(C)C)OC(=O)CCCCCCCCCCCCCCCCCCC(C)C. The number of hydrogen-bond donors (Lipinski definition) is 3. The number of aliphatic hydroxyl groups is 1. The molecule has 0 aliphatic carbocycles. The van der Waals surface area contributed by atoms with E-state index in [0.717, 1.165) is 115 Å². The average molecular weight is 1280 g/mol. The molecular weight excluding hydrogens is 1150 g/mol. The second-order valence-electron chi connectivity index (χ2n) is 26.2. The fourth-order valence-corrected chi connectivity index (χ4v) is 11.7. The van der Waals surface area contributed by atoms with E-state index in [1.54, 1.807) is 0 Å². The summed E-state index contributed by atoms with van der Waals surface area (Å²) in [5.41, 5.74) is 0. The molecule has 3 unspecified atom stereocenters. The van der Waals surface area contributed by atoms with E-state index in [-0.39, 0.29) is 25.7 Å². The van der Waals surface area contributed by atoms with Gasteiger partial charge < -0.3 is 33.8 Å². The van der Waals surface area contributed by atoms with Crippen molar-refractivity contribution in [1.82, 2.24) is 0 Å². The lowest BCUT2D eigenvalue weighted by Crippen LogP contribution is -2.30. The second kappa shape index (κ2) is 57.9. The van der Waals surface area contributed by atoms with Crippen LogP contribution in [0.25, 0.3) is 0 Å². The van der Waals surface area contributed by atoms with Gasteiger partial charge in [-0.15, -0.1) is 0 Å². The number of hydrogen-bond acceptors (Lipinski definition) is 15. The summed E-state index contributed by atoms with van der Waals surface area (Å²) in [7, 11) is -9.89. The van der Waals surface area contributed by atoms with E-state index < -0.39 is 97.5 Å². The lowest BCUT2D eigenvalue weighted by molar-refractivity contribution is -0.161. The number of esters is 4. The summed E-state index contributed by atoms with van der Waals surface area (Å²) in [6.45, 7) is 13.9. The number of unbranched alkanes of at least 4 members (excludes halogenated alkanes) is 30. The van der Waals surface area contributed by atoms with Crippen LogP contribution in [-0.4, -0.2) is 96.7 Å². The number of phosphoric ester groups is 2. The lowest BCUT2D eigenvalue weighted by Gasteiger charge is -2.21. The standard InChI is InChI=1S/C68H132O17P2/c1-9-61(8)47-39-31-24-27-33-41-49-66(71)79-54-63(84-67(72)50-42-34-21-19-17-15-13-11-10-12-14-16-18-20-28-36-44-58(2)3)56-82-86(74,75)80-52-62(69)53-81-87(76,77)83-57-64(85-68(73)51-43-35-26-23-30-38-46-60(6)7)55-78-65(70)48-40-32-25-22-29-37-45-59(4)5/h58-64,69H,9-57H2,1-8H3,(H,74,75)(H,76,77)/t61?,62-,63+,64+/m0/s1. The van der Waals surface area contributed by atoms with Gasteiger partial charge in [0.2, 0.25) is 0 Å². The average Bonchev–Trinajstić information content (AvgIpc) is 3.50. The van der Waals surface area contributed by atoms with Gasteiger partial charge >= 0.3 is 39.5 Å². The molecule has 516 valence electrons. The number of phosphoric acid groups is 2. The Bertz CT molecular complexity index is 1730. The maximum Gasteiger partial charge on any atom is 0.472 e. The fraction of sp³-hybridized carbons (Fsp3) is 0.941. The van der Waals surface area contributed by atoms with E-state index in [9.17, 15) is 43.2 Å². The summed E-state index contributed by atoms with van der Waals surface area (Å²) in [5.74, 6) is 0.749. The predicted molar refractivity (Wildman–Crippen MR) is 349 cm³/mol. The van der Waals surface area contributed by atoms with E-state index in [1.165, 1.54) is 122 Å². The molecule has 0 amide bonds. The minimum Gasteiger partial charge on any atom is -0.462 e. The molecule has 3 N–H and O–H groups in total. The summed E-state index contributed by atoms with van der Waals surface area (Å²) in [5, 5.41) is 10.6. The summed E-state index contributed by atoms with van der Waals surface area (Å²) in [6.07, 6.45) is 39.4. The molecule has 0 aliphatic heterocycles. The van der Waals surface area contributed by atoms with Crippen molar-refractivity contribution >= 4 is 39.5 Å². The van der Waals surface area contributed by atoms with E-state index in [0.29, 0.717) is 37.5 Å². The Morgan fingerprint density at radius 3 is 0.816 bits per heavy atom. The molecule has 0 rings (SSSR count). The molecule has 17 nitrogen and oxygen atoms in total. The lowest BCUT2D eigenvalue weighted by atomic mass is 10.00. The van der Waals surface area contributed by atoms with E-state index in [1.807, 2.05) is 0 Å². The maximum absolute atomic E-state index is 13.0. The Labute approximate surface area is 530 Å². The van der Waals surface area contributed by atoms with Gasteiger partial charge in [0.25, 0.3) is 0 Å². The number of carbonyl (C=O) groups is 4. The minimum absolute atomic E-state index is 0.100. The highest BCUT2D eigenvalue weighted by Crippen LogP contribution is 2.45. The van der Waals surface area contributed by atoms with Crippen LogP contribution in [0, 0.1) is 23.7 Å². The van der Waals surface area contributed by atoms with Crippen LogP contribution in [0.15, 0.2) is 0 Å². The van der Waals surface area contributed by atoms with Crippen LogP contribution in [0.1, 0.15) is 331 Å². The Balaban J connectivity index is 5.18. The van der Waals surface area contributed by atoms with Crippen LogP contribution >= 0.6 is 15.6 Å². The molecule has 0 heterocycles. The number of aliphatic hydroxyl groups excluding tert-OH is 1. The van der Waals surface area contributed by atoms with Crippen molar-refractivity contribution in [3.8, 4) is 0 Å². The fourth-order valence-electron chi connectivity index (χ4n) is 10.1. The smallest absolute Gasteiger partial charge is 0.462 e. The zero-order valence-electron chi connectivity index (χ0n) is 56.6. The van der Waals surface area contributed by atoms with Crippen molar-refractivity contribution in [2.75, 3.05) is 39.6 Å². The zero-order chi connectivity index (χ0) is 64.7. The van der Waals surface area contributed by atoms with Gasteiger partial charge in [0.1, 0.15) is 19.3 Å². The molecule has 0 radical (unpaired) electrons. The largest absolute Gasteiger partial charge is 0.472 e. The Morgan fingerprint density at radius 1 is 0.322 bits per heavy atom. The van der Waals surface area contributed by atoms with Crippen LogP contribution in [0.5, 0.6) is 0 Å². The normalized spacial score (nSPS) is 14.6. The van der Waals surface area contributed by atoms with Crippen molar-refractivity contribution < 1.29 is 80.2 Å². The summed E-state index contributed by atoms with van der Waals surface area (Å²) < 4.78 is 68.1. The molecule has 0 saturated heterocycles. The van der Waals surface area contributed by atoms with Crippen LogP contribution in [0.3, 0.4) is 0 Å². The highest BCUT2D eigenvalue weighted by atomic mass is 31.2. The van der Waals surface area contributed by atoms with Gasteiger partial charge in [0, 0.05) is 25.7 Å². The van der Waals surface area contributed by atoms with Crippen molar-refractivity contribution in [2.24, 2.45) is 23.7 Å². The highest BCUT2D eigenvalue weighted by Gasteiger charge is 2.30. The first-order chi connectivity index (χ1) is 41.6. The molecule has 6 atom stereocenters. The third kappa shape index (κ3) is 61.3. The molecule has 0 aromatic heterocycles. The summed E-state index contributed by atoms with van der Waals surface area (Å²) >= 11 is 0. The van der Waals surface area contributed by atoms with E-state index in [4.69, 9.17) is 37.0 Å². The molecule has 0 saturated carbocycles. The van der Waals surface area contributed by atoms with Gasteiger partial charge in [-0.05, 0) is 49.4 Å². The van der Waals surface area contributed by atoms with Crippen LogP contribution in [0.4, 0.5) is 0 Å². The summed E-state index contributed by atoms with van der Waals surface area (Å²) in [6, 6.07) is 0. The van der Waals surface area contributed by atoms with Gasteiger partial charge in [0.05, 0.1) is 26.4 Å². The van der Waals surface area contributed by atoms with Gasteiger partial charge in [-0.2, -0.15) is 0 Å². The Hall–Kier alpha value is -1.94.